The van der Waals surface area contributed by atoms with E-state index < -0.39 is 0 Å². The third-order valence-electron chi connectivity index (χ3n) is 4.98. The molecule has 0 bridgehead atoms. The van der Waals surface area contributed by atoms with Crippen LogP contribution in [0.4, 0.5) is 5.82 Å². The first-order valence-electron chi connectivity index (χ1n) is 8.58. The lowest BCUT2D eigenvalue weighted by atomic mass is 9.97. The van der Waals surface area contributed by atoms with Gasteiger partial charge in [-0.05, 0) is 60.8 Å². The second kappa shape index (κ2) is 6.70. The lowest BCUT2D eigenvalue weighted by Crippen LogP contribution is -2.42. The van der Waals surface area contributed by atoms with Gasteiger partial charge in [0.2, 0.25) is 0 Å². The van der Waals surface area contributed by atoms with E-state index in [0.29, 0.717) is 34.2 Å². The van der Waals surface area contributed by atoms with Crippen molar-refractivity contribution in [2.75, 3.05) is 5.73 Å². The summed E-state index contributed by atoms with van der Waals surface area (Å²) in [5.74, 6) is 1.66. The molecule has 0 spiro atoms. The lowest BCUT2D eigenvalue weighted by Gasteiger charge is -2.38. The van der Waals surface area contributed by atoms with Crippen LogP contribution >= 0.6 is 27.3 Å². The van der Waals surface area contributed by atoms with Crippen LogP contribution in [-0.4, -0.2) is 27.0 Å². The van der Waals surface area contributed by atoms with E-state index in [4.69, 9.17) is 10.2 Å². The first-order chi connectivity index (χ1) is 12.0. The van der Waals surface area contributed by atoms with E-state index in [1.165, 1.54) is 24.1 Å². The van der Waals surface area contributed by atoms with E-state index in [1.807, 2.05) is 12.1 Å². The fourth-order valence-corrected chi connectivity index (χ4v) is 4.93. The number of aromatic nitrogens is 2. The van der Waals surface area contributed by atoms with E-state index in [2.05, 4.69) is 50.7 Å². The van der Waals surface area contributed by atoms with Crippen LogP contribution in [0.3, 0.4) is 0 Å². The van der Waals surface area contributed by atoms with Crippen LogP contribution in [0.2, 0.25) is 0 Å². The minimum atomic E-state index is 0.509. The summed E-state index contributed by atoms with van der Waals surface area (Å²) >= 11 is 5.01. The maximum Gasteiger partial charge on any atom is 0.199 e. The summed E-state index contributed by atoms with van der Waals surface area (Å²) in [6.07, 6.45) is 3.87. The normalized spacial score (nSPS) is 21.9. The highest BCUT2D eigenvalue weighted by Gasteiger charge is 2.25. The molecule has 0 aromatic carbocycles. The van der Waals surface area contributed by atoms with Gasteiger partial charge in [-0.2, -0.15) is 0 Å². The van der Waals surface area contributed by atoms with Gasteiger partial charge in [-0.25, -0.2) is 9.97 Å². The molecule has 1 fully saturated rings. The zero-order valence-electron chi connectivity index (χ0n) is 14.3. The number of fused-ring (bicyclic) bond motifs is 1. The van der Waals surface area contributed by atoms with E-state index in [9.17, 15) is 0 Å². The predicted molar refractivity (Wildman–Crippen MR) is 106 cm³/mol. The van der Waals surface area contributed by atoms with Gasteiger partial charge in [0.15, 0.2) is 16.3 Å². The molecule has 1 aliphatic rings. The average molecular weight is 421 g/mol. The van der Waals surface area contributed by atoms with Crippen molar-refractivity contribution in [3.63, 3.8) is 0 Å². The highest BCUT2D eigenvalue weighted by molar-refractivity contribution is 9.10. The molecule has 2 atom stereocenters. The Bertz CT molecular complexity index is 896. The molecule has 0 radical (unpaired) electrons. The smallest absolute Gasteiger partial charge is 0.199 e. The van der Waals surface area contributed by atoms with Crippen molar-refractivity contribution in [2.24, 2.45) is 0 Å². The Morgan fingerprint density at radius 3 is 2.72 bits per heavy atom. The molecule has 0 amide bonds. The molecule has 1 saturated heterocycles. The van der Waals surface area contributed by atoms with Gasteiger partial charge < -0.3 is 10.2 Å². The van der Waals surface area contributed by atoms with Gasteiger partial charge in [0.1, 0.15) is 10.6 Å². The molecule has 3 aromatic rings. The van der Waals surface area contributed by atoms with Crippen molar-refractivity contribution < 1.29 is 4.42 Å². The highest BCUT2D eigenvalue weighted by Crippen LogP contribution is 2.33. The molecule has 1 unspecified atom stereocenters. The number of hydrogen-bond acceptors (Lipinski definition) is 6. The van der Waals surface area contributed by atoms with Crippen LogP contribution in [0, 0.1) is 0 Å². The molecular formula is C18H21BrN4OS. The SMILES string of the molecule is CC1CCC[C@@H](C)N1Cc1cc2c(N)nc(-c3ccc(Br)o3)nc2s1. The number of furan rings is 1. The fraction of sp³-hybridized carbons (Fsp3) is 0.444. The third-order valence-corrected chi connectivity index (χ3v) is 6.42. The van der Waals surface area contributed by atoms with Gasteiger partial charge >= 0.3 is 0 Å². The van der Waals surface area contributed by atoms with Crippen LogP contribution in [0.25, 0.3) is 21.8 Å². The first kappa shape index (κ1) is 17.0. The zero-order chi connectivity index (χ0) is 17.6. The van der Waals surface area contributed by atoms with E-state index in [-0.39, 0.29) is 0 Å². The fourth-order valence-electron chi connectivity index (χ4n) is 3.58. The van der Waals surface area contributed by atoms with Crippen molar-refractivity contribution in [3.05, 3.63) is 27.7 Å². The minimum Gasteiger partial charge on any atom is -0.446 e. The number of nitrogen functional groups attached to an aromatic ring is 1. The standard InChI is InChI=1S/C18H21BrN4OS/c1-10-4-3-5-11(2)23(10)9-12-8-13-16(20)21-17(22-18(13)25-12)14-6-7-15(19)24-14/h6-8,10-11H,3-5,9H2,1-2H3,(H2,20,21,22)/t10-,11?/m1/s1. The average Bonchev–Trinajstić information content (AvgIpc) is 3.17. The van der Waals surface area contributed by atoms with Gasteiger partial charge in [0, 0.05) is 23.5 Å². The molecule has 5 nitrogen and oxygen atoms in total. The van der Waals surface area contributed by atoms with E-state index in [0.717, 1.165) is 16.8 Å². The summed E-state index contributed by atoms with van der Waals surface area (Å²) in [6, 6.07) is 7.06. The van der Waals surface area contributed by atoms with Crippen molar-refractivity contribution in [2.45, 2.75) is 51.7 Å². The molecule has 132 valence electrons. The van der Waals surface area contributed by atoms with Crippen LogP contribution < -0.4 is 5.73 Å². The Labute approximate surface area is 159 Å². The molecular weight excluding hydrogens is 400 g/mol. The summed E-state index contributed by atoms with van der Waals surface area (Å²) in [5, 5.41) is 0.937. The predicted octanol–water partition coefficient (Wildman–Crippen LogP) is 5.06. The van der Waals surface area contributed by atoms with E-state index in [1.54, 1.807) is 11.3 Å². The van der Waals surface area contributed by atoms with Crippen molar-refractivity contribution in [1.29, 1.82) is 0 Å². The molecule has 7 heteroatoms. The summed E-state index contributed by atoms with van der Waals surface area (Å²) in [6.45, 7) is 5.60. The summed E-state index contributed by atoms with van der Waals surface area (Å²) in [7, 11) is 0. The molecule has 1 aliphatic heterocycles. The number of anilines is 1. The number of nitrogens with two attached hydrogens (primary N) is 1. The second-order valence-electron chi connectivity index (χ2n) is 6.77. The molecule has 0 saturated carbocycles. The Morgan fingerprint density at radius 2 is 2.04 bits per heavy atom. The van der Waals surface area contributed by atoms with E-state index >= 15 is 0 Å². The number of piperidine rings is 1. The number of hydrogen-bond donors (Lipinski definition) is 1. The summed E-state index contributed by atoms with van der Waals surface area (Å²) < 4.78 is 6.22. The number of rotatable bonds is 3. The molecule has 25 heavy (non-hydrogen) atoms. The molecule has 2 N–H and O–H groups in total. The molecule has 0 aliphatic carbocycles. The van der Waals surface area contributed by atoms with Gasteiger partial charge in [0.25, 0.3) is 0 Å². The maximum absolute atomic E-state index is 6.19. The van der Waals surface area contributed by atoms with Gasteiger partial charge in [-0.15, -0.1) is 11.3 Å². The topological polar surface area (TPSA) is 68.2 Å². The van der Waals surface area contributed by atoms with Crippen molar-refractivity contribution >= 4 is 43.3 Å². The van der Waals surface area contributed by atoms with Gasteiger partial charge in [-0.1, -0.05) is 6.42 Å². The van der Waals surface area contributed by atoms with Crippen LogP contribution in [0.15, 0.2) is 27.3 Å². The number of nitrogens with zero attached hydrogens (tertiary/aromatic N) is 3. The van der Waals surface area contributed by atoms with Crippen LogP contribution in [0.1, 0.15) is 38.0 Å². The maximum atomic E-state index is 6.19. The molecule has 3 aromatic heterocycles. The van der Waals surface area contributed by atoms with Crippen molar-refractivity contribution in [1.82, 2.24) is 14.9 Å². The quantitative estimate of drug-likeness (QED) is 0.640. The minimum absolute atomic E-state index is 0.509. The van der Waals surface area contributed by atoms with Gasteiger partial charge in [0.05, 0.1) is 5.39 Å². The Kier molecular flexibility index (Phi) is 4.56. The Hall–Kier alpha value is -1.44. The summed E-state index contributed by atoms with van der Waals surface area (Å²) in [4.78, 5) is 13.9. The highest BCUT2D eigenvalue weighted by atomic mass is 79.9. The third kappa shape index (κ3) is 3.32. The van der Waals surface area contributed by atoms with Crippen molar-refractivity contribution in [3.8, 4) is 11.6 Å². The molecule has 4 rings (SSSR count). The monoisotopic (exact) mass is 420 g/mol. The number of halogens is 1. The van der Waals surface area contributed by atoms with Crippen LogP contribution in [-0.2, 0) is 6.54 Å². The summed E-state index contributed by atoms with van der Waals surface area (Å²) in [5.41, 5.74) is 6.19. The number of thiophene rings is 1. The first-order valence-corrected chi connectivity index (χ1v) is 10.2. The zero-order valence-corrected chi connectivity index (χ0v) is 16.7. The molecule has 4 heterocycles. The number of likely N-dealkylation sites (tertiary alicyclic amines) is 1. The van der Waals surface area contributed by atoms with Crippen LogP contribution in [0.5, 0.6) is 0 Å². The lowest BCUT2D eigenvalue weighted by molar-refractivity contribution is 0.0965. The second-order valence-corrected chi connectivity index (χ2v) is 8.67. The Morgan fingerprint density at radius 1 is 1.28 bits per heavy atom. The Balaban J connectivity index is 1.67. The largest absolute Gasteiger partial charge is 0.446 e. The van der Waals surface area contributed by atoms with Gasteiger partial charge in [-0.3, -0.25) is 4.90 Å².